The highest BCUT2D eigenvalue weighted by Gasteiger charge is 2.26. The second-order valence-corrected chi connectivity index (χ2v) is 5.36. The van der Waals surface area contributed by atoms with E-state index in [0.717, 1.165) is 18.7 Å². The van der Waals surface area contributed by atoms with Crippen molar-refractivity contribution in [1.82, 2.24) is 0 Å². The molecule has 1 aliphatic heterocycles. The highest BCUT2D eigenvalue weighted by atomic mass is 35.5. The van der Waals surface area contributed by atoms with Crippen molar-refractivity contribution < 1.29 is 10.3 Å². The van der Waals surface area contributed by atoms with Gasteiger partial charge in [0.15, 0.2) is 5.84 Å². The van der Waals surface area contributed by atoms with Crippen molar-refractivity contribution in [3.63, 3.8) is 0 Å². The molecule has 0 aromatic heterocycles. The van der Waals surface area contributed by atoms with Crippen LogP contribution in [0.25, 0.3) is 0 Å². The summed E-state index contributed by atoms with van der Waals surface area (Å²) in [7, 11) is 0. The molecule has 2 unspecified atom stereocenters. The molecule has 6 heteroatoms. The molecule has 0 saturated carbocycles. The van der Waals surface area contributed by atoms with Crippen LogP contribution >= 0.6 is 11.6 Å². The number of benzene rings is 1. The average Bonchev–Trinajstić information content (AvgIpc) is 2.41. The van der Waals surface area contributed by atoms with Crippen molar-refractivity contribution in [2.24, 2.45) is 16.8 Å². The summed E-state index contributed by atoms with van der Waals surface area (Å²) in [6.45, 7) is 3.36. The molecule has 0 spiro atoms. The van der Waals surface area contributed by atoms with E-state index in [4.69, 9.17) is 22.5 Å². The Morgan fingerprint density at radius 2 is 2.26 bits per heavy atom. The number of piperidine rings is 1. The van der Waals surface area contributed by atoms with Crippen LogP contribution in [0.15, 0.2) is 23.4 Å². The van der Waals surface area contributed by atoms with E-state index in [-0.39, 0.29) is 17.9 Å². The largest absolute Gasteiger partial charge is 0.409 e. The number of nitrogens with zero attached hydrogens (tertiary/aromatic N) is 2. The van der Waals surface area contributed by atoms with E-state index in [0.29, 0.717) is 17.1 Å². The number of aliphatic hydroxyl groups is 1. The normalized spacial score (nSPS) is 24.6. The van der Waals surface area contributed by atoms with Crippen LogP contribution in [0.5, 0.6) is 0 Å². The Kier molecular flexibility index (Phi) is 4.17. The molecule has 0 amide bonds. The highest BCUT2D eigenvalue weighted by molar-refractivity contribution is 6.31. The lowest BCUT2D eigenvalue weighted by Gasteiger charge is -2.36. The van der Waals surface area contributed by atoms with Gasteiger partial charge in [-0.25, -0.2) is 0 Å². The molecule has 1 aromatic carbocycles. The molecule has 104 valence electrons. The van der Waals surface area contributed by atoms with Gasteiger partial charge in [0.1, 0.15) is 0 Å². The van der Waals surface area contributed by atoms with Gasteiger partial charge in [-0.15, -0.1) is 0 Å². The van der Waals surface area contributed by atoms with Gasteiger partial charge in [0.05, 0.1) is 6.10 Å². The van der Waals surface area contributed by atoms with E-state index in [1.165, 1.54) is 0 Å². The Labute approximate surface area is 117 Å². The van der Waals surface area contributed by atoms with Crippen molar-refractivity contribution in [2.45, 2.75) is 19.4 Å². The summed E-state index contributed by atoms with van der Waals surface area (Å²) in [6, 6.07) is 5.19. The Morgan fingerprint density at radius 1 is 1.53 bits per heavy atom. The second-order valence-electron chi connectivity index (χ2n) is 4.93. The predicted octanol–water partition coefficient (Wildman–Crippen LogP) is 1.64. The molecule has 1 saturated heterocycles. The fourth-order valence-electron chi connectivity index (χ4n) is 2.30. The number of hydrogen-bond acceptors (Lipinski definition) is 4. The first-order chi connectivity index (χ1) is 9.02. The molecule has 19 heavy (non-hydrogen) atoms. The number of amidine groups is 1. The third-order valence-electron chi connectivity index (χ3n) is 3.60. The molecule has 0 aliphatic carbocycles. The molecule has 2 atom stereocenters. The number of β-amino-alcohol motifs (C(OH)–C–C–N with tert-alkyl or cyclic N) is 1. The summed E-state index contributed by atoms with van der Waals surface area (Å²) in [5, 5.41) is 22.4. The predicted molar refractivity (Wildman–Crippen MR) is 76.0 cm³/mol. The number of aliphatic hydroxyl groups excluding tert-OH is 1. The molecular weight excluding hydrogens is 266 g/mol. The number of anilines is 1. The Bertz CT molecular complexity index is 493. The van der Waals surface area contributed by atoms with E-state index in [1.54, 1.807) is 18.2 Å². The summed E-state index contributed by atoms with van der Waals surface area (Å²) in [5.74, 6) is 0.322. The summed E-state index contributed by atoms with van der Waals surface area (Å²) in [5.41, 5.74) is 7.09. The first kappa shape index (κ1) is 14.0. The zero-order chi connectivity index (χ0) is 14.0. The Morgan fingerprint density at radius 3 is 2.89 bits per heavy atom. The molecule has 5 nitrogen and oxygen atoms in total. The van der Waals surface area contributed by atoms with Gasteiger partial charge in [-0.05, 0) is 30.5 Å². The van der Waals surface area contributed by atoms with Gasteiger partial charge >= 0.3 is 0 Å². The maximum absolute atomic E-state index is 9.98. The maximum Gasteiger partial charge on any atom is 0.172 e. The van der Waals surface area contributed by atoms with Crippen LogP contribution in [0, 0.1) is 5.92 Å². The molecule has 1 aliphatic rings. The van der Waals surface area contributed by atoms with Crippen molar-refractivity contribution in [3.8, 4) is 0 Å². The fourth-order valence-corrected chi connectivity index (χ4v) is 2.47. The van der Waals surface area contributed by atoms with Gasteiger partial charge in [-0.1, -0.05) is 23.7 Å². The van der Waals surface area contributed by atoms with E-state index in [1.807, 2.05) is 11.8 Å². The van der Waals surface area contributed by atoms with Gasteiger partial charge in [0.25, 0.3) is 0 Å². The molecule has 1 heterocycles. The minimum absolute atomic E-state index is 0.0415. The second kappa shape index (κ2) is 5.67. The third kappa shape index (κ3) is 2.93. The van der Waals surface area contributed by atoms with E-state index in [2.05, 4.69) is 5.16 Å². The highest BCUT2D eigenvalue weighted by Crippen LogP contribution is 2.29. The Hall–Kier alpha value is -1.46. The quantitative estimate of drug-likeness (QED) is 0.333. The minimum Gasteiger partial charge on any atom is -0.409 e. The van der Waals surface area contributed by atoms with Gasteiger partial charge in [-0.3, -0.25) is 0 Å². The lowest BCUT2D eigenvalue weighted by atomic mass is 9.95. The summed E-state index contributed by atoms with van der Waals surface area (Å²) in [6.07, 6.45) is 0.511. The van der Waals surface area contributed by atoms with Gasteiger partial charge in [0.2, 0.25) is 0 Å². The van der Waals surface area contributed by atoms with Crippen LogP contribution in [0.4, 0.5) is 5.69 Å². The molecule has 0 bridgehead atoms. The fraction of sp³-hybridized carbons (Fsp3) is 0.462. The van der Waals surface area contributed by atoms with E-state index < -0.39 is 0 Å². The minimum atomic E-state index is -0.382. The number of nitrogens with two attached hydrogens (primary N) is 1. The summed E-state index contributed by atoms with van der Waals surface area (Å²) < 4.78 is 0. The van der Waals surface area contributed by atoms with Crippen LogP contribution in [-0.4, -0.2) is 35.3 Å². The van der Waals surface area contributed by atoms with Gasteiger partial charge in [-0.2, -0.15) is 0 Å². The molecule has 1 fully saturated rings. The number of hydrogen-bond donors (Lipinski definition) is 3. The smallest absolute Gasteiger partial charge is 0.172 e. The molecule has 0 radical (unpaired) electrons. The molecule has 1 aromatic rings. The average molecular weight is 284 g/mol. The van der Waals surface area contributed by atoms with Crippen LogP contribution in [0.2, 0.25) is 5.02 Å². The lowest BCUT2D eigenvalue weighted by Crippen LogP contribution is -2.43. The van der Waals surface area contributed by atoms with Crippen molar-refractivity contribution in [2.75, 3.05) is 18.0 Å². The van der Waals surface area contributed by atoms with Crippen molar-refractivity contribution in [3.05, 3.63) is 28.8 Å². The SMILES string of the molecule is CC1CCN(c2cc(Cl)ccc2/C(N)=N/O)CC1O. The van der Waals surface area contributed by atoms with Crippen LogP contribution < -0.4 is 10.6 Å². The zero-order valence-corrected chi connectivity index (χ0v) is 11.5. The number of oxime groups is 1. The summed E-state index contributed by atoms with van der Waals surface area (Å²) in [4.78, 5) is 2.02. The zero-order valence-electron chi connectivity index (χ0n) is 10.8. The first-order valence-electron chi connectivity index (χ1n) is 6.23. The number of rotatable bonds is 2. The topological polar surface area (TPSA) is 82.1 Å². The third-order valence-corrected chi connectivity index (χ3v) is 3.84. The monoisotopic (exact) mass is 283 g/mol. The van der Waals surface area contributed by atoms with Crippen molar-refractivity contribution in [1.29, 1.82) is 0 Å². The summed E-state index contributed by atoms with van der Waals surface area (Å²) >= 11 is 6.02. The van der Waals surface area contributed by atoms with Gasteiger partial charge in [0, 0.05) is 29.4 Å². The standard InChI is InChI=1S/C13H18ClN3O2/c1-8-4-5-17(7-12(8)18)11-6-9(14)2-3-10(11)13(15)16-19/h2-3,6,8,12,18-19H,4-5,7H2,1H3,(H2,15,16). The molecular formula is C13H18ClN3O2. The Balaban J connectivity index is 2.35. The van der Waals surface area contributed by atoms with E-state index in [9.17, 15) is 5.11 Å². The molecule has 2 rings (SSSR count). The van der Waals surface area contributed by atoms with Crippen LogP contribution in [-0.2, 0) is 0 Å². The van der Waals surface area contributed by atoms with Crippen LogP contribution in [0.3, 0.4) is 0 Å². The maximum atomic E-state index is 9.98. The van der Waals surface area contributed by atoms with E-state index >= 15 is 0 Å². The molecule has 4 N–H and O–H groups in total. The number of halogens is 1. The lowest BCUT2D eigenvalue weighted by molar-refractivity contribution is 0.103. The van der Waals surface area contributed by atoms with Gasteiger partial charge < -0.3 is 20.9 Å². The van der Waals surface area contributed by atoms with Crippen molar-refractivity contribution >= 4 is 23.1 Å². The first-order valence-corrected chi connectivity index (χ1v) is 6.61. The van der Waals surface area contributed by atoms with Crippen LogP contribution in [0.1, 0.15) is 18.9 Å².